The number of aromatic nitrogens is 2. The maximum Gasteiger partial charge on any atom is 0.188 e. The molecule has 1 rings (SSSR count). The van der Waals surface area contributed by atoms with Crippen molar-refractivity contribution in [1.29, 1.82) is 0 Å². The minimum absolute atomic E-state index is 0.227. The molecule has 4 N–H and O–H groups in total. The van der Waals surface area contributed by atoms with Gasteiger partial charge in [0.1, 0.15) is 12.4 Å². The Bertz CT molecular complexity index is 279. The lowest BCUT2D eigenvalue weighted by Gasteiger charge is -2.06. The molecule has 0 aliphatic carbocycles. The zero-order valence-corrected chi connectivity index (χ0v) is 7.36. The normalized spacial score (nSPS) is 9.92. The Labute approximate surface area is 75.8 Å². The van der Waals surface area contributed by atoms with E-state index in [0.29, 0.717) is 19.0 Å². The van der Waals surface area contributed by atoms with Crippen LogP contribution in [0.1, 0.15) is 0 Å². The number of nitrogens with two attached hydrogens (primary N) is 2. The summed E-state index contributed by atoms with van der Waals surface area (Å²) in [7, 11) is 1.59. The number of methoxy groups -OCH3 is 1. The van der Waals surface area contributed by atoms with E-state index in [1.165, 1.54) is 6.07 Å². The van der Waals surface area contributed by atoms with Gasteiger partial charge in [0, 0.05) is 13.2 Å². The third-order valence-electron chi connectivity index (χ3n) is 1.35. The molecule has 0 saturated heterocycles. The van der Waals surface area contributed by atoms with Crippen LogP contribution in [0.4, 0.5) is 11.6 Å². The number of anilines is 2. The number of hydrogen-bond acceptors (Lipinski definition) is 6. The molecule has 0 bridgehead atoms. The van der Waals surface area contributed by atoms with E-state index in [2.05, 4.69) is 10.2 Å². The van der Waals surface area contributed by atoms with Gasteiger partial charge in [-0.3, -0.25) is 0 Å². The van der Waals surface area contributed by atoms with Gasteiger partial charge in [0.15, 0.2) is 11.6 Å². The van der Waals surface area contributed by atoms with E-state index < -0.39 is 0 Å². The van der Waals surface area contributed by atoms with E-state index in [1.807, 2.05) is 0 Å². The van der Waals surface area contributed by atoms with Crippen molar-refractivity contribution in [1.82, 2.24) is 10.2 Å². The van der Waals surface area contributed by atoms with Gasteiger partial charge < -0.3 is 20.9 Å². The van der Waals surface area contributed by atoms with Crippen LogP contribution >= 0.6 is 0 Å². The van der Waals surface area contributed by atoms with Gasteiger partial charge in [-0.05, 0) is 0 Å². The predicted molar refractivity (Wildman–Crippen MR) is 48.2 cm³/mol. The van der Waals surface area contributed by atoms with Crippen molar-refractivity contribution in [2.45, 2.75) is 0 Å². The number of nitrogen functional groups attached to an aromatic ring is 2. The summed E-state index contributed by atoms with van der Waals surface area (Å²) >= 11 is 0. The van der Waals surface area contributed by atoms with E-state index in [-0.39, 0.29) is 11.6 Å². The first-order valence-electron chi connectivity index (χ1n) is 3.74. The molecule has 0 aliphatic heterocycles. The maximum absolute atomic E-state index is 5.48. The standard InChI is InChI=1S/C7H12N4O2/c1-12-2-3-13-5-4-6(8)10-11-7(5)9/h4H,2-3H2,1H3,(H2,8,10)(H2,9,11). The topological polar surface area (TPSA) is 96.3 Å². The summed E-state index contributed by atoms with van der Waals surface area (Å²) in [5.41, 5.74) is 10.9. The molecule has 13 heavy (non-hydrogen) atoms. The SMILES string of the molecule is COCCOc1cc(N)nnc1N. The zero-order valence-electron chi connectivity index (χ0n) is 7.36. The third-order valence-corrected chi connectivity index (χ3v) is 1.35. The molecule has 0 radical (unpaired) electrons. The van der Waals surface area contributed by atoms with Crippen LogP contribution in [0.25, 0.3) is 0 Å². The number of hydrogen-bond donors (Lipinski definition) is 2. The van der Waals surface area contributed by atoms with Gasteiger partial charge in [-0.25, -0.2) is 0 Å². The molecule has 0 fully saturated rings. The molecular formula is C7H12N4O2. The molecule has 6 nitrogen and oxygen atoms in total. The fourth-order valence-electron chi connectivity index (χ4n) is 0.749. The summed E-state index contributed by atoms with van der Waals surface area (Å²) < 4.78 is 10.0. The van der Waals surface area contributed by atoms with Gasteiger partial charge in [0.2, 0.25) is 0 Å². The molecule has 1 heterocycles. The van der Waals surface area contributed by atoms with Crippen LogP contribution < -0.4 is 16.2 Å². The summed E-state index contributed by atoms with van der Waals surface area (Å²) in [5.74, 6) is 0.941. The van der Waals surface area contributed by atoms with Crippen LogP contribution in [0.2, 0.25) is 0 Å². The second-order valence-electron chi connectivity index (χ2n) is 2.36. The van der Waals surface area contributed by atoms with Crippen LogP contribution in [0.3, 0.4) is 0 Å². The monoisotopic (exact) mass is 184 g/mol. The van der Waals surface area contributed by atoms with E-state index in [0.717, 1.165) is 0 Å². The second kappa shape index (κ2) is 4.46. The first kappa shape index (κ1) is 9.53. The Hall–Kier alpha value is -1.56. The average Bonchev–Trinajstić information content (AvgIpc) is 2.11. The smallest absolute Gasteiger partial charge is 0.188 e. The fraction of sp³-hybridized carbons (Fsp3) is 0.429. The summed E-state index contributed by atoms with van der Waals surface area (Å²) in [4.78, 5) is 0. The molecule has 0 aromatic carbocycles. The molecule has 0 spiro atoms. The van der Waals surface area contributed by atoms with Gasteiger partial charge in [-0.1, -0.05) is 0 Å². The highest BCUT2D eigenvalue weighted by Gasteiger charge is 2.02. The lowest BCUT2D eigenvalue weighted by Crippen LogP contribution is -2.08. The van der Waals surface area contributed by atoms with Crippen LogP contribution in [0.15, 0.2) is 6.07 Å². The Morgan fingerprint density at radius 1 is 1.31 bits per heavy atom. The lowest BCUT2D eigenvalue weighted by molar-refractivity contribution is 0.146. The minimum Gasteiger partial charge on any atom is -0.487 e. The molecule has 72 valence electrons. The van der Waals surface area contributed by atoms with Crippen molar-refractivity contribution in [2.24, 2.45) is 0 Å². The van der Waals surface area contributed by atoms with Crippen molar-refractivity contribution >= 4 is 11.6 Å². The van der Waals surface area contributed by atoms with Gasteiger partial charge >= 0.3 is 0 Å². The highest BCUT2D eigenvalue weighted by atomic mass is 16.5. The van der Waals surface area contributed by atoms with Crippen LogP contribution in [-0.4, -0.2) is 30.5 Å². The third kappa shape index (κ3) is 2.75. The number of nitrogens with zero attached hydrogens (tertiary/aromatic N) is 2. The highest BCUT2D eigenvalue weighted by Crippen LogP contribution is 2.18. The molecule has 1 aromatic heterocycles. The van der Waals surface area contributed by atoms with Gasteiger partial charge in [-0.2, -0.15) is 0 Å². The summed E-state index contributed by atoms with van der Waals surface area (Å²) in [5, 5.41) is 7.15. The molecule has 0 aliphatic rings. The largest absolute Gasteiger partial charge is 0.487 e. The molecule has 1 aromatic rings. The summed E-state index contributed by atoms with van der Waals surface area (Å²) in [6.07, 6.45) is 0. The fourth-order valence-corrected chi connectivity index (χ4v) is 0.749. The van der Waals surface area contributed by atoms with Crippen molar-refractivity contribution in [3.63, 3.8) is 0 Å². The second-order valence-corrected chi connectivity index (χ2v) is 2.36. The van der Waals surface area contributed by atoms with Crippen molar-refractivity contribution in [3.05, 3.63) is 6.07 Å². The molecule has 0 unspecified atom stereocenters. The van der Waals surface area contributed by atoms with E-state index in [4.69, 9.17) is 20.9 Å². The lowest BCUT2D eigenvalue weighted by atomic mass is 10.4. The van der Waals surface area contributed by atoms with E-state index in [1.54, 1.807) is 7.11 Å². The maximum atomic E-state index is 5.48. The number of ether oxygens (including phenoxy) is 2. The zero-order chi connectivity index (χ0) is 9.68. The van der Waals surface area contributed by atoms with Gasteiger partial charge in [0.05, 0.1) is 6.61 Å². The Morgan fingerprint density at radius 3 is 2.77 bits per heavy atom. The number of rotatable bonds is 4. The molecule has 6 heteroatoms. The highest BCUT2D eigenvalue weighted by molar-refractivity contribution is 5.49. The van der Waals surface area contributed by atoms with E-state index >= 15 is 0 Å². The Balaban J connectivity index is 2.59. The summed E-state index contributed by atoms with van der Waals surface area (Å²) in [6.45, 7) is 0.896. The molecule has 0 amide bonds. The van der Waals surface area contributed by atoms with Gasteiger partial charge in [0.25, 0.3) is 0 Å². The van der Waals surface area contributed by atoms with Crippen molar-refractivity contribution in [3.8, 4) is 5.75 Å². The molecule has 0 atom stereocenters. The Kier molecular flexibility index (Phi) is 3.27. The molecule has 0 saturated carbocycles. The van der Waals surface area contributed by atoms with Crippen LogP contribution in [0, 0.1) is 0 Å². The first-order chi connectivity index (χ1) is 6.24. The predicted octanol–water partition coefficient (Wildman–Crippen LogP) is -0.334. The quantitative estimate of drug-likeness (QED) is 0.622. The average molecular weight is 184 g/mol. The van der Waals surface area contributed by atoms with Crippen molar-refractivity contribution < 1.29 is 9.47 Å². The van der Waals surface area contributed by atoms with Crippen molar-refractivity contribution in [2.75, 3.05) is 31.8 Å². The summed E-state index contributed by atoms with van der Waals surface area (Å²) in [6, 6.07) is 1.53. The molecular weight excluding hydrogens is 172 g/mol. The Morgan fingerprint density at radius 2 is 2.08 bits per heavy atom. The minimum atomic E-state index is 0.227. The van der Waals surface area contributed by atoms with E-state index in [9.17, 15) is 0 Å². The van der Waals surface area contributed by atoms with Gasteiger partial charge in [-0.15, -0.1) is 10.2 Å². The first-order valence-corrected chi connectivity index (χ1v) is 3.74. The van der Waals surface area contributed by atoms with Crippen LogP contribution in [0.5, 0.6) is 5.75 Å². The van der Waals surface area contributed by atoms with Crippen LogP contribution in [-0.2, 0) is 4.74 Å².